The van der Waals surface area contributed by atoms with Crippen LogP contribution in [-0.4, -0.2) is 27.0 Å². The number of anilines is 1. The predicted octanol–water partition coefficient (Wildman–Crippen LogP) is 5.41. The molecule has 0 spiro atoms. The van der Waals surface area contributed by atoms with Crippen molar-refractivity contribution in [3.8, 4) is 0 Å². The number of carbonyl (C=O) groups excluding carboxylic acids is 2. The van der Waals surface area contributed by atoms with Gasteiger partial charge < -0.3 is 14.8 Å². The number of aromatic nitrogens is 1. The summed E-state index contributed by atoms with van der Waals surface area (Å²) >= 11 is 7.72. The molecule has 3 aromatic rings. The number of halogens is 1. The maximum atomic E-state index is 13.4. The second-order valence-corrected chi connectivity index (χ2v) is 9.12. The first-order chi connectivity index (χ1) is 15.6. The number of amides is 2. The molecule has 32 heavy (non-hydrogen) atoms. The van der Waals surface area contributed by atoms with Crippen LogP contribution in [0.15, 0.2) is 83.5 Å². The molecule has 0 bridgehead atoms. The maximum Gasteiger partial charge on any atom is 0.258 e. The summed E-state index contributed by atoms with van der Waals surface area (Å²) in [7, 11) is 0. The molecular formula is C25H20ClN3O2S. The Morgan fingerprint density at radius 2 is 1.91 bits per heavy atom. The van der Waals surface area contributed by atoms with Crippen molar-refractivity contribution in [2.24, 2.45) is 0 Å². The van der Waals surface area contributed by atoms with Crippen LogP contribution in [0.3, 0.4) is 0 Å². The summed E-state index contributed by atoms with van der Waals surface area (Å²) in [5, 5.41) is 3.48. The number of nitrogens with one attached hydrogen (secondary N) is 1. The molecule has 1 aromatic heterocycles. The highest BCUT2D eigenvalue weighted by Gasteiger charge is 2.28. The molecule has 5 rings (SSSR count). The molecule has 2 amide bonds. The van der Waals surface area contributed by atoms with Crippen LogP contribution < -0.4 is 5.32 Å². The number of nitrogens with zero attached hydrogens (tertiary/aromatic N) is 2. The second kappa shape index (κ2) is 8.73. The zero-order chi connectivity index (χ0) is 22.1. The minimum absolute atomic E-state index is 0.0592. The molecule has 0 saturated carbocycles. The zero-order valence-corrected chi connectivity index (χ0v) is 18.7. The van der Waals surface area contributed by atoms with Gasteiger partial charge in [-0.1, -0.05) is 23.7 Å². The molecule has 1 N–H and O–H groups in total. The number of hydrogen-bond donors (Lipinski definition) is 1. The molecular weight excluding hydrogens is 442 g/mol. The molecule has 0 unspecified atom stereocenters. The molecule has 5 nitrogen and oxygen atoms in total. The normalized spacial score (nSPS) is 14.7. The molecule has 2 aliphatic heterocycles. The fraction of sp³-hybridized carbons (Fsp3) is 0.120. The van der Waals surface area contributed by atoms with Crippen LogP contribution in [0.25, 0.3) is 6.20 Å². The summed E-state index contributed by atoms with van der Waals surface area (Å²) in [6.45, 7) is 0.510. The van der Waals surface area contributed by atoms with Crippen molar-refractivity contribution in [1.29, 1.82) is 0 Å². The summed E-state index contributed by atoms with van der Waals surface area (Å²) in [4.78, 5) is 28.7. The van der Waals surface area contributed by atoms with Gasteiger partial charge >= 0.3 is 0 Å². The number of fused-ring (bicyclic) bond motifs is 2. The number of carbonyl (C=O) groups is 2. The van der Waals surface area contributed by atoms with E-state index in [9.17, 15) is 9.59 Å². The van der Waals surface area contributed by atoms with Gasteiger partial charge in [0.2, 0.25) is 5.91 Å². The van der Waals surface area contributed by atoms with Crippen molar-refractivity contribution >= 4 is 47.1 Å². The molecule has 0 saturated heterocycles. The quantitative estimate of drug-likeness (QED) is 0.565. The van der Waals surface area contributed by atoms with E-state index in [-0.39, 0.29) is 18.2 Å². The van der Waals surface area contributed by atoms with Crippen molar-refractivity contribution in [1.82, 2.24) is 9.47 Å². The Kier molecular flexibility index (Phi) is 5.64. The van der Waals surface area contributed by atoms with Crippen LogP contribution in [0.4, 0.5) is 5.69 Å². The van der Waals surface area contributed by atoms with Crippen LogP contribution in [0, 0.1) is 0 Å². The van der Waals surface area contributed by atoms with Gasteiger partial charge in [0.15, 0.2) is 0 Å². The Labute approximate surface area is 195 Å². The number of hydrogen-bond acceptors (Lipinski definition) is 3. The van der Waals surface area contributed by atoms with Crippen molar-refractivity contribution in [2.75, 3.05) is 11.1 Å². The molecule has 0 fully saturated rings. The fourth-order valence-corrected chi connectivity index (χ4v) is 5.03. The summed E-state index contributed by atoms with van der Waals surface area (Å²) in [5.74, 6) is 0.665. The van der Waals surface area contributed by atoms with Gasteiger partial charge in [-0.25, -0.2) is 0 Å². The number of thioether (sulfide) groups is 1. The van der Waals surface area contributed by atoms with Gasteiger partial charge in [0.25, 0.3) is 5.91 Å². The molecule has 0 aliphatic carbocycles. The van der Waals surface area contributed by atoms with Crippen LogP contribution in [-0.2, 0) is 17.8 Å². The standard InChI is InChI=1S/C25H20ClN3O2S/c26-19-4-1-3-17(13-19)14-24(30)27-20-8-6-18(7-9-20)25(31)29-15-21-5-2-11-28(21)16-23-22(29)10-12-32-23/h1-11,13,16H,12,14-15H2,(H,27,30). The minimum Gasteiger partial charge on any atom is -0.326 e. The maximum absolute atomic E-state index is 13.4. The van der Waals surface area contributed by atoms with Gasteiger partial charge in [-0.3, -0.25) is 9.59 Å². The van der Waals surface area contributed by atoms with Gasteiger partial charge in [-0.2, -0.15) is 0 Å². The lowest BCUT2D eigenvalue weighted by Crippen LogP contribution is -2.29. The Morgan fingerprint density at radius 1 is 1.06 bits per heavy atom. The Balaban J connectivity index is 1.30. The smallest absolute Gasteiger partial charge is 0.258 e. The van der Waals surface area contributed by atoms with Crippen molar-refractivity contribution in [3.05, 3.63) is 105 Å². The Hall–Kier alpha value is -3.22. The van der Waals surface area contributed by atoms with Crippen molar-refractivity contribution in [3.63, 3.8) is 0 Å². The average molecular weight is 462 g/mol. The van der Waals surface area contributed by atoms with Crippen molar-refractivity contribution < 1.29 is 9.59 Å². The third-order valence-corrected chi connectivity index (χ3v) is 6.61. The largest absolute Gasteiger partial charge is 0.326 e. The molecule has 2 aromatic carbocycles. The summed E-state index contributed by atoms with van der Waals surface area (Å²) < 4.78 is 2.08. The van der Waals surface area contributed by atoms with Gasteiger partial charge in [-0.05, 0) is 60.2 Å². The van der Waals surface area contributed by atoms with Crippen molar-refractivity contribution in [2.45, 2.75) is 13.0 Å². The average Bonchev–Trinajstić information content (AvgIpc) is 3.39. The third-order valence-electron chi connectivity index (χ3n) is 5.42. The van der Waals surface area contributed by atoms with E-state index in [2.05, 4.69) is 22.2 Å². The summed E-state index contributed by atoms with van der Waals surface area (Å²) in [5.41, 5.74) is 4.10. The van der Waals surface area contributed by atoms with Gasteiger partial charge in [0.05, 0.1) is 18.7 Å². The molecule has 0 atom stereocenters. The first kappa shape index (κ1) is 20.7. The Bertz CT molecular complexity index is 1260. The van der Waals surface area contributed by atoms with Crippen LogP contribution in [0.1, 0.15) is 21.6 Å². The first-order valence-electron chi connectivity index (χ1n) is 10.2. The fourth-order valence-electron chi connectivity index (χ4n) is 3.86. The van der Waals surface area contributed by atoms with E-state index >= 15 is 0 Å². The topological polar surface area (TPSA) is 54.3 Å². The van der Waals surface area contributed by atoms with E-state index in [1.807, 2.05) is 35.4 Å². The molecule has 3 heterocycles. The second-order valence-electron chi connectivity index (χ2n) is 7.62. The summed E-state index contributed by atoms with van der Waals surface area (Å²) in [6.07, 6.45) is 6.43. The highest BCUT2D eigenvalue weighted by atomic mass is 35.5. The van der Waals surface area contributed by atoms with E-state index in [0.29, 0.717) is 22.8 Å². The highest BCUT2D eigenvalue weighted by Crippen LogP contribution is 2.37. The lowest BCUT2D eigenvalue weighted by molar-refractivity contribution is -0.115. The lowest BCUT2D eigenvalue weighted by atomic mass is 10.1. The Morgan fingerprint density at radius 3 is 2.72 bits per heavy atom. The van der Waals surface area contributed by atoms with E-state index in [4.69, 9.17) is 11.6 Å². The number of benzene rings is 2. The molecule has 160 valence electrons. The SMILES string of the molecule is O=C(Cc1cccc(Cl)c1)Nc1ccc(C(=O)N2Cc3cccn3C=C3SCC=C32)cc1. The highest BCUT2D eigenvalue weighted by molar-refractivity contribution is 8.03. The summed E-state index contributed by atoms with van der Waals surface area (Å²) in [6, 6.07) is 18.3. The van der Waals surface area contributed by atoms with Crippen LogP contribution in [0.2, 0.25) is 5.02 Å². The van der Waals surface area contributed by atoms with Gasteiger partial charge in [0.1, 0.15) is 0 Å². The molecule has 0 radical (unpaired) electrons. The van der Waals surface area contributed by atoms with Crippen LogP contribution in [0.5, 0.6) is 0 Å². The zero-order valence-electron chi connectivity index (χ0n) is 17.1. The van der Waals surface area contributed by atoms with E-state index in [1.54, 1.807) is 48.2 Å². The van der Waals surface area contributed by atoms with Gasteiger partial charge in [-0.15, -0.1) is 11.8 Å². The van der Waals surface area contributed by atoms with Crippen LogP contribution >= 0.6 is 23.4 Å². The van der Waals surface area contributed by atoms with Gasteiger partial charge in [0, 0.05) is 45.0 Å². The van der Waals surface area contributed by atoms with E-state index in [1.165, 1.54) is 0 Å². The number of rotatable bonds is 4. The van der Waals surface area contributed by atoms with E-state index in [0.717, 1.165) is 27.6 Å². The third kappa shape index (κ3) is 4.24. The lowest BCUT2D eigenvalue weighted by Gasteiger charge is -2.23. The predicted molar refractivity (Wildman–Crippen MR) is 129 cm³/mol. The molecule has 2 aliphatic rings. The minimum atomic E-state index is -0.137. The molecule has 7 heteroatoms. The monoisotopic (exact) mass is 461 g/mol. The first-order valence-corrected chi connectivity index (χ1v) is 11.6. The van der Waals surface area contributed by atoms with E-state index < -0.39 is 0 Å².